The van der Waals surface area contributed by atoms with Crippen LogP contribution in [-0.4, -0.2) is 84.8 Å². The van der Waals surface area contributed by atoms with E-state index in [0.717, 1.165) is 16.9 Å². The highest BCUT2D eigenvalue weighted by atomic mass is 16.5. The molecule has 196 valence electrons. The molecule has 1 aliphatic heterocycles. The highest BCUT2D eigenvalue weighted by Crippen LogP contribution is 2.32. The number of nitrogens with zero attached hydrogens (tertiary/aromatic N) is 8. The number of ether oxygens (including phenoxy) is 1. The Hall–Kier alpha value is -5.13. The van der Waals surface area contributed by atoms with Crippen LogP contribution in [0.3, 0.4) is 0 Å². The molecule has 1 aliphatic rings. The number of piperazine rings is 1. The summed E-state index contributed by atoms with van der Waals surface area (Å²) < 4.78 is 7.00. The monoisotopic (exact) mass is 523 g/mol. The number of amides is 1. The molecular weight excluding hydrogens is 498 g/mol. The summed E-state index contributed by atoms with van der Waals surface area (Å²) in [5.41, 5.74) is 3.45. The first-order valence-electron chi connectivity index (χ1n) is 12.4. The van der Waals surface area contributed by atoms with Crippen LogP contribution < -0.4 is 9.64 Å². The van der Waals surface area contributed by atoms with Crippen LogP contribution in [0.4, 0.5) is 5.69 Å². The van der Waals surface area contributed by atoms with Crippen LogP contribution in [0.25, 0.3) is 28.0 Å². The number of nitrogens with one attached hydrogen (secondary N) is 1. The second-order valence-electron chi connectivity index (χ2n) is 9.08. The zero-order valence-corrected chi connectivity index (χ0v) is 21.4. The number of aryl methyl sites for hydroxylation is 1. The third-order valence-electron chi connectivity index (χ3n) is 6.79. The lowest BCUT2D eigenvalue weighted by Gasteiger charge is -2.36. The summed E-state index contributed by atoms with van der Waals surface area (Å²) in [5, 5.41) is 13.2. The van der Waals surface area contributed by atoms with Crippen molar-refractivity contribution in [3.8, 4) is 22.8 Å². The molecule has 5 heterocycles. The predicted octanol–water partition coefficient (Wildman–Crippen LogP) is 2.45. The number of Topliss-reactive ketones (excluding diaryl/α,β-unsaturated/α-hetero) is 1. The second kappa shape index (κ2) is 9.97. The maximum absolute atomic E-state index is 13.5. The lowest BCUT2D eigenvalue weighted by Crippen LogP contribution is -2.50. The minimum Gasteiger partial charge on any atom is -0.494 e. The third-order valence-corrected chi connectivity index (χ3v) is 6.79. The molecule has 0 aliphatic carbocycles. The van der Waals surface area contributed by atoms with E-state index in [2.05, 4.69) is 35.1 Å². The van der Waals surface area contributed by atoms with Gasteiger partial charge in [-0.15, -0.1) is 5.10 Å². The molecule has 0 radical (unpaired) electrons. The van der Waals surface area contributed by atoms with Gasteiger partial charge in [0.15, 0.2) is 5.82 Å². The van der Waals surface area contributed by atoms with E-state index in [9.17, 15) is 9.59 Å². The van der Waals surface area contributed by atoms with Crippen LogP contribution in [0.2, 0.25) is 0 Å². The number of fused-ring (bicyclic) bond motifs is 1. The molecule has 1 amide bonds. The first-order chi connectivity index (χ1) is 19.0. The molecule has 1 fully saturated rings. The number of anilines is 1. The van der Waals surface area contributed by atoms with E-state index < -0.39 is 11.7 Å². The number of hydrogen-bond donors (Lipinski definition) is 1. The van der Waals surface area contributed by atoms with E-state index in [-0.39, 0.29) is 5.56 Å². The fraction of sp³-hybridized carbons (Fsp3) is 0.222. The van der Waals surface area contributed by atoms with Crippen molar-refractivity contribution >= 4 is 28.3 Å². The number of aromatic amines is 1. The lowest BCUT2D eigenvalue weighted by atomic mass is 10.1. The summed E-state index contributed by atoms with van der Waals surface area (Å²) in [5.74, 6) is 0.230. The fourth-order valence-electron chi connectivity index (χ4n) is 4.85. The summed E-state index contributed by atoms with van der Waals surface area (Å²) in [6.45, 7) is 3.67. The van der Waals surface area contributed by atoms with Gasteiger partial charge in [0.2, 0.25) is 0 Å². The summed E-state index contributed by atoms with van der Waals surface area (Å²) in [6, 6.07) is 11.8. The summed E-state index contributed by atoms with van der Waals surface area (Å²) in [6.07, 6.45) is 6.23. The van der Waals surface area contributed by atoms with Gasteiger partial charge in [-0.1, -0.05) is 30.3 Å². The molecule has 6 rings (SSSR count). The lowest BCUT2D eigenvalue weighted by molar-refractivity contribution is -0.126. The molecule has 1 aromatic carbocycles. The van der Waals surface area contributed by atoms with Crippen LogP contribution in [0.5, 0.6) is 5.75 Å². The highest BCUT2D eigenvalue weighted by Gasteiger charge is 2.31. The molecule has 0 atom stereocenters. The van der Waals surface area contributed by atoms with Crippen molar-refractivity contribution in [1.82, 2.24) is 39.8 Å². The molecule has 0 unspecified atom stereocenters. The van der Waals surface area contributed by atoms with Gasteiger partial charge in [0.25, 0.3) is 11.7 Å². The summed E-state index contributed by atoms with van der Waals surface area (Å²) >= 11 is 0. The van der Waals surface area contributed by atoms with Crippen molar-refractivity contribution in [1.29, 1.82) is 0 Å². The molecule has 1 N–H and O–H groups in total. The number of carbonyl (C=O) groups excluding carboxylic acids is 2. The quantitative estimate of drug-likeness (QED) is 0.263. The van der Waals surface area contributed by atoms with E-state index >= 15 is 0 Å². The summed E-state index contributed by atoms with van der Waals surface area (Å²) in [7, 11) is 1.50. The van der Waals surface area contributed by atoms with Gasteiger partial charge in [-0.25, -0.2) is 14.6 Å². The maximum Gasteiger partial charge on any atom is 0.295 e. The molecule has 0 saturated carbocycles. The SMILES string of the molecule is COc1cnc(-n2cnc(C)n2)c2[nH]cc(C(=O)C(=O)N3CCN(c4ccnnc4-c4ccccc4)CC3)c12. The number of rotatable bonds is 6. The first kappa shape index (κ1) is 24.2. The molecule has 12 heteroatoms. The van der Waals surface area contributed by atoms with Crippen molar-refractivity contribution in [2.24, 2.45) is 0 Å². The minimum absolute atomic E-state index is 0.222. The zero-order valence-electron chi connectivity index (χ0n) is 21.4. The van der Waals surface area contributed by atoms with Gasteiger partial charge in [-0.05, 0) is 13.0 Å². The Morgan fingerprint density at radius 3 is 2.54 bits per heavy atom. The number of methoxy groups -OCH3 is 1. The topological polar surface area (TPSA) is 135 Å². The smallest absolute Gasteiger partial charge is 0.295 e. The first-order valence-corrected chi connectivity index (χ1v) is 12.4. The van der Waals surface area contributed by atoms with Crippen molar-refractivity contribution in [2.75, 3.05) is 38.2 Å². The number of hydrogen-bond acceptors (Lipinski definition) is 9. The number of ketones is 1. The van der Waals surface area contributed by atoms with Gasteiger partial charge >= 0.3 is 0 Å². The Bertz CT molecular complexity index is 1670. The maximum atomic E-state index is 13.5. The van der Waals surface area contributed by atoms with Crippen molar-refractivity contribution in [3.63, 3.8) is 0 Å². The second-order valence-corrected chi connectivity index (χ2v) is 9.08. The molecule has 4 aromatic heterocycles. The van der Waals surface area contributed by atoms with Gasteiger partial charge in [0.1, 0.15) is 23.6 Å². The minimum atomic E-state index is -0.615. The average Bonchev–Trinajstić information content (AvgIpc) is 3.63. The molecule has 0 bridgehead atoms. The van der Waals surface area contributed by atoms with Crippen molar-refractivity contribution < 1.29 is 14.3 Å². The van der Waals surface area contributed by atoms with Crippen LogP contribution in [0.1, 0.15) is 16.2 Å². The average molecular weight is 524 g/mol. The number of carbonyl (C=O) groups is 2. The van der Waals surface area contributed by atoms with E-state index in [1.807, 2.05) is 36.4 Å². The van der Waals surface area contributed by atoms with Gasteiger partial charge in [-0.3, -0.25) is 9.59 Å². The van der Waals surface area contributed by atoms with E-state index in [1.165, 1.54) is 30.5 Å². The van der Waals surface area contributed by atoms with Gasteiger partial charge < -0.3 is 19.5 Å². The van der Waals surface area contributed by atoms with E-state index in [0.29, 0.717) is 54.5 Å². The molecule has 39 heavy (non-hydrogen) atoms. The molecule has 12 nitrogen and oxygen atoms in total. The Labute approximate surface area is 223 Å². The number of H-pyrrole nitrogens is 1. The molecular formula is C27H25N9O3. The van der Waals surface area contributed by atoms with Crippen molar-refractivity contribution in [2.45, 2.75) is 6.92 Å². The van der Waals surface area contributed by atoms with Gasteiger partial charge in [-0.2, -0.15) is 10.2 Å². The normalized spacial score (nSPS) is 13.6. The molecule has 1 saturated heterocycles. The number of pyridine rings is 1. The van der Waals surface area contributed by atoms with Crippen LogP contribution in [0, 0.1) is 6.92 Å². The van der Waals surface area contributed by atoms with E-state index in [4.69, 9.17) is 4.74 Å². The van der Waals surface area contributed by atoms with E-state index in [1.54, 1.807) is 18.0 Å². The van der Waals surface area contributed by atoms with Crippen molar-refractivity contribution in [3.05, 3.63) is 72.7 Å². The zero-order chi connectivity index (χ0) is 26.9. The Morgan fingerprint density at radius 2 is 1.82 bits per heavy atom. The Kier molecular flexibility index (Phi) is 6.19. The van der Waals surface area contributed by atoms with Crippen LogP contribution in [0.15, 0.2) is 61.3 Å². The standard InChI is InChI=1S/C27H25N9O3/c1-17-30-16-36(33-17)26-24-22(21(39-2)15-29-26)19(14-28-24)25(37)27(38)35-12-10-34(11-13-35)20-8-9-31-32-23(20)18-6-4-3-5-7-18/h3-9,14-16,28H,10-13H2,1-2H3. The molecule has 5 aromatic rings. The third kappa shape index (κ3) is 4.35. The summed E-state index contributed by atoms with van der Waals surface area (Å²) in [4.78, 5) is 42.2. The van der Waals surface area contributed by atoms with Gasteiger partial charge in [0.05, 0.1) is 41.7 Å². The van der Waals surface area contributed by atoms with Gasteiger partial charge in [0, 0.05) is 37.9 Å². The predicted molar refractivity (Wildman–Crippen MR) is 143 cm³/mol. The van der Waals surface area contributed by atoms with Crippen LogP contribution >= 0.6 is 0 Å². The van der Waals surface area contributed by atoms with Crippen LogP contribution in [-0.2, 0) is 4.79 Å². The largest absolute Gasteiger partial charge is 0.494 e. The number of benzene rings is 1. The fourth-order valence-corrected chi connectivity index (χ4v) is 4.85. The Balaban J connectivity index is 1.23. The number of aromatic nitrogens is 7. The highest BCUT2D eigenvalue weighted by molar-refractivity contribution is 6.45. The molecule has 0 spiro atoms. The Morgan fingerprint density at radius 1 is 1.03 bits per heavy atom.